The van der Waals surface area contributed by atoms with Gasteiger partial charge in [-0.05, 0) is 31.0 Å². The number of benzene rings is 1. The first-order chi connectivity index (χ1) is 12.6. The Morgan fingerprint density at radius 3 is 2.77 bits per heavy atom. The molecular formula is C18H18N2O5S. The van der Waals surface area contributed by atoms with Crippen LogP contribution in [-0.2, 0) is 16.0 Å². The van der Waals surface area contributed by atoms with Crippen LogP contribution in [0.15, 0.2) is 23.6 Å². The average Bonchev–Trinajstić information content (AvgIpc) is 3.34. The Kier molecular flexibility index (Phi) is 4.28. The summed E-state index contributed by atoms with van der Waals surface area (Å²) >= 11 is 1.43. The zero-order valence-corrected chi connectivity index (χ0v) is 14.8. The maximum atomic E-state index is 12.3. The maximum absolute atomic E-state index is 12.3. The molecule has 1 fully saturated rings. The van der Waals surface area contributed by atoms with Crippen molar-refractivity contribution in [3.8, 4) is 22.1 Å². The van der Waals surface area contributed by atoms with Gasteiger partial charge >= 0.3 is 5.97 Å². The highest BCUT2D eigenvalue weighted by Crippen LogP contribution is 2.36. The second-order valence-corrected chi connectivity index (χ2v) is 7.39. The normalized spacial score (nSPS) is 17.2. The average molecular weight is 374 g/mol. The Balaban J connectivity index is 1.45. The molecule has 2 N–H and O–H groups in total. The van der Waals surface area contributed by atoms with Gasteiger partial charge in [-0.1, -0.05) is 12.8 Å². The fraction of sp³-hybridized carbons (Fsp3) is 0.389. The third kappa shape index (κ3) is 3.12. The van der Waals surface area contributed by atoms with Crippen molar-refractivity contribution in [1.82, 2.24) is 10.3 Å². The smallest absolute Gasteiger partial charge is 0.329 e. The third-order valence-electron chi connectivity index (χ3n) is 4.76. The van der Waals surface area contributed by atoms with E-state index in [4.69, 9.17) is 9.47 Å². The highest BCUT2D eigenvalue weighted by Gasteiger charge is 2.42. The number of amides is 1. The molecule has 1 amide bonds. The monoisotopic (exact) mass is 374 g/mol. The van der Waals surface area contributed by atoms with E-state index < -0.39 is 11.5 Å². The summed E-state index contributed by atoms with van der Waals surface area (Å²) in [5.74, 6) is 0.126. The van der Waals surface area contributed by atoms with Crippen LogP contribution in [0.2, 0.25) is 0 Å². The predicted octanol–water partition coefficient (Wildman–Crippen LogP) is 2.59. The summed E-state index contributed by atoms with van der Waals surface area (Å²) in [5.41, 5.74) is 0.398. The molecule has 136 valence electrons. The molecule has 2 heterocycles. The molecule has 0 unspecified atom stereocenters. The van der Waals surface area contributed by atoms with Gasteiger partial charge in [0.15, 0.2) is 11.5 Å². The number of nitrogens with one attached hydrogen (secondary N) is 1. The number of carbonyl (C=O) groups excluding carboxylic acids is 1. The van der Waals surface area contributed by atoms with Crippen LogP contribution >= 0.6 is 11.3 Å². The van der Waals surface area contributed by atoms with Crippen LogP contribution in [0.1, 0.15) is 31.4 Å². The van der Waals surface area contributed by atoms with Crippen LogP contribution in [-0.4, -0.2) is 34.3 Å². The summed E-state index contributed by atoms with van der Waals surface area (Å²) in [6, 6.07) is 5.60. The fourth-order valence-corrected chi connectivity index (χ4v) is 4.21. The molecule has 0 saturated heterocycles. The van der Waals surface area contributed by atoms with Crippen molar-refractivity contribution in [2.45, 2.75) is 37.6 Å². The Bertz CT molecular complexity index is 857. The van der Waals surface area contributed by atoms with Crippen LogP contribution in [0.5, 0.6) is 11.5 Å². The van der Waals surface area contributed by atoms with Crippen molar-refractivity contribution < 1.29 is 24.2 Å². The van der Waals surface area contributed by atoms with E-state index in [0.29, 0.717) is 30.0 Å². The summed E-state index contributed by atoms with van der Waals surface area (Å²) in [5, 5.41) is 14.8. The number of rotatable bonds is 5. The van der Waals surface area contributed by atoms with Gasteiger partial charge in [-0.25, -0.2) is 9.78 Å². The van der Waals surface area contributed by atoms with E-state index in [0.717, 1.165) is 23.4 Å². The number of carboxylic acids is 1. The Labute approximate surface area is 154 Å². The largest absolute Gasteiger partial charge is 0.480 e. The minimum atomic E-state index is -1.12. The molecule has 4 rings (SSSR count). The summed E-state index contributed by atoms with van der Waals surface area (Å²) in [7, 11) is 0. The number of fused-ring (bicyclic) bond motifs is 1. The molecule has 0 radical (unpaired) electrons. The molecule has 1 aliphatic carbocycles. The molecule has 8 heteroatoms. The van der Waals surface area contributed by atoms with Crippen molar-refractivity contribution in [2.75, 3.05) is 6.79 Å². The summed E-state index contributed by atoms with van der Waals surface area (Å²) in [6.45, 7) is 0.216. The van der Waals surface area contributed by atoms with E-state index in [1.807, 2.05) is 23.6 Å². The first-order valence-corrected chi connectivity index (χ1v) is 9.33. The Hall–Kier alpha value is -2.61. The van der Waals surface area contributed by atoms with E-state index in [9.17, 15) is 14.7 Å². The van der Waals surface area contributed by atoms with E-state index in [2.05, 4.69) is 10.3 Å². The molecule has 0 bridgehead atoms. The quantitative estimate of drug-likeness (QED) is 0.835. The lowest BCUT2D eigenvalue weighted by Crippen LogP contribution is -2.52. The van der Waals surface area contributed by atoms with Gasteiger partial charge in [0.2, 0.25) is 12.7 Å². The molecule has 26 heavy (non-hydrogen) atoms. The van der Waals surface area contributed by atoms with Crippen molar-refractivity contribution in [1.29, 1.82) is 0 Å². The van der Waals surface area contributed by atoms with Gasteiger partial charge in [0.1, 0.15) is 10.5 Å². The maximum Gasteiger partial charge on any atom is 0.329 e. The predicted molar refractivity (Wildman–Crippen MR) is 94.4 cm³/mol. The van der Waals surface area contributed by atoms with Crippen molar-refractivity contribution in [3.05, 3.63) is 29.3 Å². The number of aromatic nitrogens is 1. The van der Waals surface area contributed by atoms with Gasteiger partial charge < -0.3 is 19.9 Å². The van der Waals surface area contributed by atoms with Gasteiger partial charge in [-0.3, -0.25) is 4.79 Å². The van der Waals surface area contributed by atoms with E-state index >= 15 is 0 Å². The summed E-state index contributed by atoms with van der Waals surface area (Å²) in [6.07, 6.45) is 2.66. The van der Waals surface area contributed by atoms with Crippen LogP contribution in [0.25, 0.3) is 10.6 Å². The molecule has 1 aromatic carbocycles. The molecule has 0 spiro atoms. The van der Waals surface area contributed by atoms with Gasteiger partial charge in [0.25, 0.3) is 0 Å². The minimum absolute atomic E-state index is 0.0656. The lowest BCUT2D eigenvalue weighted by atomic mass is 9.97. The molecule has 1 aliphatic heterocycles. The molecular weight excluding hydrogens is 356 g/mol. The molecule has 2 aromatic rings. The van der Waals surface area contributed by atoms with Crippen LogP contribution in [0.3, 0.4) is 0 Å². The molecule has 1 aromatic heterocycles. The van der Waals surface area contributed by atoms with Gasteiger partial charge in [0, 0.05) is 10.9 Å². The minimum Gasteiger partial charge on any atom is -0.480 e. The van der Waals surface area contributed by atoms with E-state index in [-0.39, 0.29) is 19.1 Å². The highest BCUT2D eigenvalue weighted by atomic mass is 32.1. The molecule has 7 nitrogen and oxygen atoms in total. The number of nitrogens with zero attached hydrogens (tertiary/aromatic N) is 1. The second kappa shape index (κ2) is 6.60. The van der Waals surface area contributed by atoms with Crippen molar-refractivity contribution in [2.24, 2.45) is 0 Å². The summed E-state index contributed by atoms with van der Waals surface area (Å²) < 4.78 is 10.7. The lowest BCUT2D eigenvalue weighted by Gasteiger charge is -2.25. The Morgan fingerprint density at radius 1 is 1.23 bits per heavy atom. The second-order valence-electron chi connectivity index (χ2n) is 6.53. The topological polar surface area (TPSA) is 97.8 Å². The number of ether oxygens (including phenoxy) is 2. The van der Waals surface area contributed by atoms with Gasteiger partial charge in [-0.2, -0.15) is 0 Å². The van der Waals surface area contributed by atoms with Crippen molar-refractivity contribution in [3.63, 3.8) is 0 Å². The number of carbonyl (C=O) groups is 2. The zero-order chi connectivity index (χ0) is 18.1. The van der Waals surface area contributed by atoms with Gasteiger partial charge in [0.05, 0.1) is 12.1 Å². The van der Waals surface area contributed by atoms with Gasteiger partial charge in [-0.15, -0.1) is 11.3 Å². The summed E-state index contributed by atoms with van der Waals surface area (Å²) in [4.78, 5) is 28.4. The lowest BCUT2D eigenvalue weighted by molar-refractivity contribution is -0.147. The van der Waals surface area contributed by atoms with Crippen molar-refractivity contribution >= 4 is 23.2 Å². The highest BCUT2D eigenvalue weighted by molar-refractivity contribution is 7.13. The van der Waals surface area contributed by atoms with Crippen LogP contribution in [0, 0.1) is 0 Å². The first-order valence-electron chi connectivity index (χ1n) is 8.45. The number of aliphatic carboxylic acids is 1. The number of hydrogen-bond acceptors (Lipinski definition) is 6. The standard InChI is InChI=1S/C18H18N2O5S/c21-15(20-18(17(22)23)5-1-2-6-18)8-12-9-26-16(19-12)11-3-4-13-14(7-11)25-10-24-13/h3-4,7,9H,1-2,5-6,8,10H2,(H,20,21)(H,22,23). The molecule has 2 aliphatic rings. The van der Waals surface area contributed by atoms with E-state index in [1.54, 1.807) is 0 Å². The SMILES string of the molecule is O=C(Cc1csc(-c2ccc3c(c2)OCO3)n1)NC1(C(=O)O)CCCC1. The fourth-order valence-electron chi connectivity index (χ4n) is 3.40. The molecule has 1 saturated carbocycles. The number of thiazole rings is 1. The third-order valence-corrected chi connectivity index (χ3v) is 5.70. The number of carboxylic acid groups (broad SMARTS) is 1. The first kappa shape index (κ1) is 16.8. The molecule has 0 atom stereocenters. The zero-order valence-electron chi connectivity index (χ0n) is 14.0. The van der Waals surface area contributed by atoms with E-state index in [1.165, 1.54) is 11.3 Å². The van der Waals surface area contributed by atoms with Crippen LogP contribution < -0.4 is 14.8 Å². The number of hydrogen-bond donors (Lipinski definition) is 2. The van der Waals surface area contributed by atoms with Crippen LogP contribution in [0.4, 0.5) is 0 Å². The Morgan fingerprint density at radius 2 is 2.00 bits per heavy atom.